The van der Waals surface area contributed by atoms with Gasteiger partial charge in [0.25, 0.3) is 5.56 Å². The van der Waals surface area contributed by atoms with Gasteiger partial charge in [-0.3, -0.25) is 9.36 Å². The molecule has 0 unspecified atom stereocenters. The van der Waals surface area contributed by atoms with E-state index in [1.165, 1.54) is 6.07 Å². The number of hydrogen-bond donors (Lipinski definition) is 2. The van der Waals surface area contributed by atoms with Gasteiger partial charge in [0.2, 0.25) is 0 Å². The summed E-state index contributed by atoms with van der Waals surface area (Å²) >= 11 is 0. The van der Waals surface area contributed by atoms with Gasteiger partial charge in [0, 0.05) is 11.9 Å². The molecule has 0 bridgehead atoms. The van der Waals surface area contributed by atoms with Gasteiger partial charge in [-0.25, -0.2) is 9.18 Å². The van der Waals surface area contributed by atoms with Gasteiger partial charge in [0.15, 0.2) is 11.4 Å². The first-order valence-corrected chi connectivity index (χ1v) is 6.40. The summed E-state index contributed by atoms with van der Waals surface area (Å²) in [6.07, 6.45) is 0. The van der Waals surface area contributed by atoms with Gasteiger partial charge in [-0.15, -0.1) is 0 Å². The molecule has 21 heavy (non-hydrogen) atoms. The first-order chi connectivity index (χ1) is 9.61. The first-order valence-electron chi connectivity index (χ1n) is 6.40. The van der Waals surface area contributed by atoms with Crippen molar-refractivity contribution in [2.24, 2.45) is 5.41 Å². The van der Waals surface area contributed by atoms with Crippen LogP contribution in [-0.2, 0) is 6.54 Å². The Hall–Kier alpha value is -2.37. The van der Waals surface area contributed by atoms with Gasteiger partial charge in [0.1, 0.15) is 5.82 Å². The number of halogens is 1. The maximum atomic E-state index is 13.3. The third kappa shape index (κ3) is 2.74. The van der Waals surface area contributed by atoms with Crippen LogP contribution < -0.4 is 5.56 Å². The number of rotatable bonds is 2. The Labute approximate surface area is 120 Å². The predicted octanol–water partition coefficient (Wildman–Crippen LogP) is 2.59. The minimum Gasteiger partial charge on any atom is -0.505 e. The number of hydrogen-bond acceptors (Lipinski definition) is 3. The highest BCUT2D eigenvalue weighted by molar-refractivity contribution is 5.98. The number of pyridine rings is 1. The highest BCUT2D eigenvalue weighted by Crippen LogP contribution is 2.28. The molecule has 2 aromatic rings. The van der Waals surface area contributed by atoms with Gasteiger partial charge in [-0.2, -0.15) is 0 Å². The standard InChI is InChI=1S/C15H16FNO4/c1-15(2,3)7-17-11(14(20)21)12(18)10-6-8(16)4-5-9(10)13(17)19/h4-6,18H,7H2,1-3H3,(H,20,21). The third-order valence-electron chi connectivity index (χ3n) is 3.04. The molecule has 5 nitrogen and oxygen atoms in total. The van der Waals surface area contributed by atoms with E-state index in [1.54, 1.807) is 0 Å². The molecule has 0 saturated heterocycles. The first kappa shape index (κ1) is 15.0. The Bertz CT molecular complexity index is 787. The smallest absolute Gasteiger partial charge is 0.356 e. The molecule has 0 fully saturated rings. The minimum atomic E-state index is -1.43. The van der Waals surface area contributed by atoms with Gasteiger partial charge in [0.05, 0.1) is 5.39 Å². The molecule has 0 spiro atoms. The summed E-state index contributed by atoms with van der Waals surface area (Å²) in [5.41, 5.74) is -1.45. The van der Waals surface area contributed by atoms with E-state index in [9.17, 15) is 24.2 Å². The molecule has 0 aliphatic carbocycles. The van der Waals surface area contributed by atoms with Gasteiger partial charge < -0.3 is 10.2 Å². The molecule has 0 saturated carbocycles. The highest BCUT2D eigenvalue weighted by Gasteiger charge is 2.24. The van der Waals surface area contributed by atoms with Crippen LogP contribution in [-0.4, -0.2) is 20.7 Å². The van der Waals surface area contributed by atoms with E-state index >= 15 is 0 Å². The molecular weight excluding hydrogens is 277 g/mol. The number of fused-ring (bicyclic) bond motifs is 1. The zero-order valence-corrected chi connectivity index (χ0v) is 12.0. The molecule has 1 heterocycles. The number of aromatic hydroxyl groups is 1. The van der Waals surface area contributed by atoms with Crippen molar-refractivity contribution >= 4 is 16.7 Å². The fraction of sp³-hybridized carbons (Fsp3) is 0.333. The number of carboxylic acids is 1. The number of nitrogens with zero attached hydrogens (tertiary/aromatic N) is 1. The molecule has 6 heteroatoms. The Balaban J connectivity index is 2.93. The van der Waals surface area contributed by atoms with Crippen LogP contribution in [0.1, 0.15) is 31.3 Å². The van der Waals surface area contributed by atoms with Crippen molar-refractivity contribution in [2.45, 2.75) is 27.3 Å². The summed E-state index contributed by atoms with van der Waals surface area (Å²) in [6, 6.07) is 3.31. The maximum Gasteiger partial charge on any atom is 0.356 e. The highest BCUT2D eigenvalue weighted by atomic mass is 19.1. The van der Waals surface area contributed by atoms with Crippen LogP contribution >= 0.6 is 0 Å². The van der Waals surface area contributed by atoms with Gasteiger partial charge in [-0.1, -0.05) is 20.8 Å². The molecule has 1 aromatic heterocycles. The average molecular weight is 293 g/mol. The van der Waals surface area contributed by atoms with E-state index < -0.39 is 28.8 Å². The average Bonchev–Trinajstić information content (AvgIpc) is 2.33. The largest absolute Gasteiger partial charge is 0.505 e. The van der Waals surface area contributed by atoms with Crippen LogP contribution in [0, 0.1) is 11.2 Å². The van der Waals surface area contributed by atoms with Crippen LogP contribution in [0.15, 0.2) is 23.0 Å². The fourth-order valence-electron chi connectivity index (χ4n) is 2.24. The van der Waals surface area contributed by atoms with Crippen molar-refractivity contribution in [3.05, 3.63) is 40.1 Å². The third-order valence-corrected chi connectivity index (χ3v) is 3.04. The lowest BCUT2D eigenvalue weighted by Gasteiger charge is -2.22. The van der Waals surface area contributed by atoms with E-state index in [-0.39, 0.29) is 22.7 Å². The summed E-state index contributed by atoms with van der Waals surface area (Å²) in [7, 11) is 0. The molecule has 2 N–H and O–H groups in total. The van der Waals surface area contributed by atoms with Crippen LogP contribution in [0.3, 0.4) is 0 Å². The van der Waals surface area contributed by atoms with Crippen molar-refractivity contribution in [3.63, 3.8) is 0 Å². The van der Waals surface area contributed by atoms with Gasteiger partial charge in [-0.05, 0) is 23.6 Å². The van der Waals surface area contributed by atoms with Crippen molar-refractivity contribution < 1.29 is 19.4 Å². The van der Waals surface area contributed by atoms with E-state index in [2.05, 4.69) is 0 Å². The molecule has 0 aliphatic rings. The molecule has 0 atom stereocenters. The maximum absolute atomic E-state index is 13.3. The van der Waals surface area contributed by atoms with E-state index in [1.807, 2.05) is 20.8 Å². The summed E-state index contributed by atoms with van der Waals surface area (Å²) in [5, 5.41) is 19.4. The monoisotopic (exact) mass is 293 g/mol. The van der Waals surface area contributed by atoms with Crippen molar-refractivity contribution in [2.75, 3.05) is 0 Å². The van der Waals surface area contributed by atoms with Gasteiger partial charge >= 0.3 is 5.97 Å². The number of aromatic carboxylic acids is 1. The van der Waals surface area contributed by atoms with E-state index in [0.29, 0.717) is 0 Å². The van der Waals surface area contributed by atoms with Crippen molar-refractivity contribution in [1.82, 2.24) is 4.57 Å². The molecule has 1 aromatic carbocycles. The number of benzene rings is 1. The summed E-state index contributed by atoms with van der Waals surface area (Å²) in [6.45, 7) is 5.65. The van der Waals surface area contributed by atoms with E-state index in [0.717, 1.165) is 16.7 Å². The Morgan fingerprint density at radius 2 is 1.90 bits per heavy atom. The second kappa shape index (κ2) is 4.87. The summed E-state index contributed by atoms with van der Waals surface area (Å²) in [5.74, 6) is -2.68. The Morgan fingerprint density at radius 1 is 1.29 bits per heavy atom. The lowest BCUT2D eigenvalue weighted by Crippen LogP contribution is -2.31. The number of carboxylic acid groups (broad SMARTS) is 1. The Kier molecular flexibility index (Phi) is 3.49. The lowest BCUT2D eigenvalue weighted by atomic mass is 9.96. The summed E-state index contributed by atoms with van der Waals surface area (Å²) in [4.78, 5) is 23.9. The number of carbonyl (C=O) groups is 1. The molecular formula is C15H16FNO4. The zero-order chi connectivity index (χ0) is 15.9. The Morgan fingerprint density at radius 3 is 2.43 bits per heavy atom. The van der Waals surface area contributed by atoms with Crippen LogP contribution in [0.25, 0.3) is 10.8 Å². The molecule has 112 valence electrons. The predicted molar refractivity (Wildman–Crippen MR) is 76.2 cm³/mol. The van der Waals surface area contributed by atoms with Crippen LogP contribution in [0.4, 0.5) is 4.39 Å². The number of aromatic nitrogens is 1. The minimum absolute atomic E-state index is 0.0863. The SMILES string of the molecule is CC(C)(C)Cn1c(C(=O)O)c(O)c2cc(F)ccc2c1=O. The fourth-order valence-corrected chi connectivity index (χ4v) is 2.24. The van der Waals surface area contributed by atoms with Crippen molar-refractivity contribution in [3.8, 4) is 5.75 Å². The van der Waals surface area contributed by atoms with E-state index in [4.69, 9.17) is 0 Å². The second-order valence-corrected chi connectivity index (χ2v) is 6.14. The second-order valence-electron chi connectivity index (χ2n) is 6.14. The van der Waals surface area contributed by atoms with Crippen LogP contribution in [0.5, 0.6) is 5.75 Å². The molecule has 2 rings (SSSR count). The normalized spacial score (nSPS) is 11.8. The zero-order valence-electron chi connectivity index (χ0n) is 12.0. The quantitative estimate of drug-likeness (QED) is 0.892. The molecule has 0 aliphatic heterocycles. The van der Waals surface area contributed by atoms with Crippen molar-refractivity contribution in [1.29, 1.82) is 0 Å². The van der Waals surface area contributed by atoms with Crippen LogP contribution in [0.2, 0.25) is 0 Å². The molecule has 0 radical (unpaired) electrons. The topological polar surface area (TPSA) is 79.5 Å². The summed E-state index contributed by atoms with van der Waals surface area (Å²) < 4.78 is 14.3. The molecule has 0 amide bonds. The lowest BCUT2D eigenvalue weighted by molar-refractivity contribution is 0.0677.